The van der Waals surface area contributed by atoms with Gasteiger partial charge in [-0.05, 0) is 36.8 Å². The number of nitrogens with zero attached hydrogens (tertiary/aromatic N) is 3. The summed E-state index contributed by atoms with van der Waals surface area (Å²) in [7, 11) is 1.54. The molecule has 0 radical (unpaired) electrons. The monoisotopic (exact) mass is 486 g/mol. The zero-order valence-electron chi connectivity index (χ0n) is 19.5. The molecule has 0 unspecified atom stereocenters. The highest BCUT2D eigenvalue weighted by molar-refractivity contribution is 5.99. The number of ether oxygens (including phenoxy) is 2. The number of nitro groups is 1. The van der Waals surface area contributed by atoms with Gasteiger partial charge in [0.15, 0.2) is 6.61 Å². The Labute approximate surface area is 206 Å². The second-order valence-electron chi connectivity index (χ2n) is 7.75. The van der Waals surface area contributed by atoms with Gasteiger partial charge in [0.1, 0.15) is 22.7 Å². The van der Waals surface area contributed by atoms with Gasteiger partial charge in [0.05, 0.1) is 17.7 Å². The SMILES string of the molecule is COc1cccc(-c2nn(-c3ccccc3)cc2C(=O)OCC(=O)Nc2c(C)cccc2[N+](=O)[O-])c1. The maximum absolute atomic E-state index is 13.0. The van der Waals surface area contributed by atoms with Crippen LogP contribution < -0.4 is 10.1 Å². The number of aryl methyl sites for hydroxylation is 1. The predicted molar refractivity (Wildman–Crippen MR) is 132 cm³/mol. The highest BCUT2D eigenvalue weighted by atomic mass is 16.6. The summed E-state index contributed by atoms with van der Waals surface area (Å²) in [5.41, 5.74) is 2.14. The highest BCUT2D eigenvalue weighted by Gasteiger charge is 2.23. The number of esters is 1. The molecule has 0 spiro atoms. The molecular weight excluding hydrogens is 464 g/mol. The van der Waals surface area contributed by atoms with E-state index in [1.54, 1.807) is 41.9 Å². The van der Waals surface area contributed by atoms with Crippen molar-refractivity contribution in [2.75, 3.05) is 19.0 Å². The van der Waals surface area contributed by atoms with E-state index >= 15 is 0 Å². The molecule has 182 valence electrons. The molecule has 1 amide bonds. The Balaban J connectivity index is 1.58. The van der Waals surface area contributed by atoms with E-state index in [9.17, 15) is 19.7 Å². The van der Waals surface area contributed by atoms with E-state index in [0.29, 0.717) is 22.6 Å². The van der Waals surface area contributed by atoms with Gasteiger partial charge >= 0.3 is 5.97 Å². The molecule has 0 fully saturated rings. The maximum Gasteiger partial charge on any atom is 0.342 e. The van der Waals surface area contributed by atoms with E-state index in [-0.39, 0.29) is 16.9 Å². The molecule has 10 nitrogen and oxygen atoms in total. The minimum absolute atomic E-state index is 0.0533. The van der Waals surface area contributed by atoms with Gasteiger partial charge in [-0.2, -0.15) is 5.10 Å². The average Bonchev–Trinajstić information content (AvgIpc) is 3.34. The summed E-state index contributed by atoms with van der Waals surface area (Å²) in [6.45, 7) is 0.991. The third kappa shape index (κ3) is 5.22. The first kappa shape index (κ1) is 24.1. The Morgan fingerprint density at radius 1 is 1.06 bits per heavy atom. The number of rotatable bonds is 8. The molecule has 4 aromatic rings. The van der Waals surface area contributed by atoms with Crippen molar-refractivity contribution in [3.63, 3.8) is 0 Å². The molecule has 0 bridgehead atoms. The van der Waals surface area contributed by atoms with Crippen molar-refractivity contribution in [1.82, 2.24) is 9.78 Å². The van der Waals surface area contributed by atoms with Gasteiger partial charge in [0.25, 0.3) is 11.6 Å². The van der Waals surface area contributed by atoms with E-state index in [1.807, 2.05) is 30.3 Å². The Morgan fingerprint density at radius 3 is 2.53 bits per heavy atom. The van der Waals surface area contributed by atoms with Crippen molar-refractivity contribution in [3.05, 3.63) is 100 Å². The average molecular weight is 486 g/mol. The lowest BCUT2D eigenvalue weighted by atomic mass is 10.1. The van der Waals surface area contributed by atoms with Crippen LogP contribution in [0, 0.1) is 17.0 Å². The van der Waals surface area contributed by atoms with Gasteiger partial charge < -0.3 is 14.8 Å². The van der Waals surface area contributed by atoms with Crippen LogP contribution in [0.1, 0.15) is 15.9 Å². The van der Waals surface area contributed by atoms with Crippen LogP contribution in [0.3, 0.4) is 0 Å². The number of anilines is 1. The second-order valence-corrected chi connectivity index (χ2v) is 7.75. The van der Waals surface area contributed by atoms with Crippen LogP contribution in [0.4, 0.5) is 11.4 Å². The number of aromatic nitrogens is 2. The van der Waals surface area contributed by atoms with Crippen LogP contribution in [0.2, 0.25) is 0 Å². The number of para-hydroxylation sites is 2. The van der Waals surface area contributed by atoms with Gasteiger partial charge in [-0.15, -0.1) is 0 Å². The number of methoxy groups -OCH3 is 1. The fourth-order valence-electron chi connectivity index (χ4n) is 3.57. The smallest absolute Gasteiger partial charge is 0.342 e. The minimum Gasteiger partial charge on any atom is -0.497 e. The maximum atomic E-state index is 13.0. The van der Waals surface area contributed by atoms with Crippen LogP contribution in [-0.4, -0.2) is 40.3 Å². The number of nitrogens with one attached hydrogen (secondary N) is 1. The molecule has 1 aromatic heterocycles. The van der Waals surface area contributed by atoms with Crippen molar-refractivity contribution in [3.8, 4) is 22.7 Å². The van der Waals surface area contributed by atoms with Gasteiger partial charge in [-0.25, -0.2) is 9.48 Å². The highest BCUT2D eigenvalue weighted by Crippen LogP contribution is 2.29. The predicted octanol–water partition coefficient (Wildman–Crippen LogP) is 4.56. The molecule has 36 heavy (non-hydrogen) atoms. The fraction of sp³-hybridized carbons (Fsp3) is 0.115. The summed E-state index contributed by atoms with van der Waals surface area (Å²) in [6.07, 6.45) is 1.52. The molecular formula is C26H22N4O6. The van der Waals surface area contributed by atoms with Crippen molar-refractivity contribution in [2.24, 2.45) is 0 Å². The van der Waals surface area contributed by atoms with Crippen molar-refractivity contribution >= 4 is 23.3 Å². The first-order valence-corrected chi connectivity index (χ1v) is 10.9. The molecule has 3 aromatic carbocycles. The zero-order chi connectivity index (χ0) is 25.7. The molecule has 0 aliphatic carbocycles. The molecule has 1 heterocycles. The van der Waals surface area contributed by atoms with E-state index < -0.39 is 23.4 Å². The molecule has 0 aliphatic rings. The van der Waals surface area contributed by atoms with E-state index in [4.69, 9.17) is 9.47 Å². The van der Waals surface area contributed by atoms with Crippen molar-refractivity contribution < 1.29 is 24.0 Å². The summed E-state index contributed by atoms with van der Waals surface area (Å²) in [5.74, 6) is -0.899. The van der Waals surface area contributed by atoms with Crippen LogP contribution in [0.5, 0.6) is 5.75 Å². The van der Waals surface area contributed by atoms with E-state index in [1.165, 1.54) is 25.4 Å². The summed E-state index contributed by atoms with van der Waals surface area (Å²) in [5, 5.41) is 18.3. The number of amides is 1. The number of nitro benzene ring substituents is 1. The quantitative estimate of drug-likeness (QED) is 0.220. The minimum atomic E-state index is -0.774. The van der Waals surface area contributed by atoms with Crippen LogP contribution in [0.15, 0.2) is 79.0 Å². The zero-order valence-corrected chi connectivity index (χ0v) is 19.5. The number of benzene rings is 3. The number of hydrogen-bond acceptors (Lipinski definition) is 7. The standard InChI is InChI=1S/C26H22N4O6/c1-17-8-6-13-22(30(33)34)24(17)27-23(31)16-36-26(32)21-15-29(19-10-4-3-5-11-19)28-25(21)18-9-7-12-20(14-18)35-2/h3-15H,16H2,1-2H3,(H,27,31). The Morgan fingerprint density at radius 2 is 1.81 bits per heavy atom. The first-order valence-electron chi connectivity index (χ1n) is 10.9. The van der Waals surface area contributed by atoms with Crippen molar-refractivity contribution in [2.45, 2.75) is 6.92 Å². The Bertz CT molecular complexity index is 1430. The molecule has 0 atom stereocenters. The van der Waals surface area contributed by atoms with Crippen LogP contribution in [-0.2, 0) is 9.53 Å². The molecule has 0 saturated carbocycles. The molecule has 10 heteroatoms. The third-order valence-electron chi connectivity index (χ3n) is 5.34. The summed E-state index contributed by atoms with van der Waals surface area (Å²) < 4.78 is 12.1. The third-order valence-corrected chi connectivity index (χ3v) is 5.34. The molecule has 0 aliphatic heterocycles. The Hall–Kier alpha value is -4.99. The van der Waals surface area contributed by atoms with Gasteiger partial charge in [0, 0.05) is 17.8 Å². The van der Waals surface area contributed by atoms with Crippen molar-refractivity contribution in [1.29, 1.82) is 0 Å². The summed E-state index contributed by atoms with van der Waals surface area (Å²) in [6, 6.07) is 20.7. The lowest BCUT2D eigenvalue weighted by Crippen LogP contribution is -2.22. The topological polar surface area (TPSA) is 126 Å². The summed E-state index contributed by atoms with van der Waals surface area (Å²) in [4.78, 5) is 36.2. The normalized spacial score (nSPS) is 10.5. The summed E-state index contributed by atoms with van der Waals surface area (Å²) >= 11 is 0. The molecule has 4 rings (SSSR count). The fourth-order valence-corrected chi connectivity index (χ4v) is 3.57. The van der Waals surface area contributed by atoms with Gasteiger partial charge in [-0.1, -0.05) is 42.5 Å². The number of hydrogen-bond donors (Lipinski definition) is 1. The lowest BCUT2D eigenvalue weighted by Gasteiger charge is -2.09. The van der Waals surface area contributed by atoms with E-state index in [0.717, 1.165) is 5.69 Å². The first-order chi connectivity index (χ1) is 17.4. The number of carbonyl (C=O) groups excluding carboxylic acids is 2. The van der Waals surface area contributed by atoms with Gasteiger partial charge in [0.2, 0.25) is 0 Å². The molecule has 1 N–H and O–H groups in total. The largest absolute Gasteiger partial charge is 0.497 e. The van der Waals surface area contributed by atoms with Crippen LogP contribution >= 0.6 is 0 Å². The van der Waals surface area contributed by atoms with E-state index in [2.05, 4.69) is 10.4 Å². The molecule has 0 saturated heterocycles. The Kier molecular flexibility index (Phi) is 7.05. The second kappa shape index (κ2) is 10.5. The van der Waals surface area contributed by atoms with Gasteiger partial charge in [-0.3, -0.25) is 14.9 Å². The number of carbonyl (C=O) groups is 2. The van der Waals surface area contributed by atoms with Crippen LogP contribution in [0.25, 0.3) is 16.9 Å². The lowest BCUT2D eigenvalue weighted by molar-refractivity contribution is -0.384.